The molecular formula is C13H19N3OS. The number of hydrogen-bond donors (Lipinski definition) is 1. The number of carbonyl (C=O) groups is 1. The summed E-state index contributed by atoms with van der Waals surface area (Å²) in [4.78, 5) is 18.4. The highest BCUT2D eigenvalue weighted by Crippen LogP contribution is 2.30. The summed E-state index contributed by atoms with van der Waals surface area (Å²) in [5, 5.41) is 6.44. The van der Waals surface area contributed by atoms with Gasteiger partial charge in [0.25, 0.3) is 0 Å². The van der Waals surface area contributed by atoms with Gasteiger partial charge >= 0.3 is 0 Å². The lowest BCUT2D eigenvalue weighted by atomic mass is 9.81. The molecule has 5 heteroatoms. The predicted molar refractivity (Wildman–Crippen MR) is 71.3 cm³/mol. The number of thiazole rings is 1. The molecule has 2 saturated heterocycles. The average molecular weight is 265 g/mol. The monoisotopic (exact) mass is 265 g/mol. The van der Waals surface area contributed by atoms with Gasteiger partial charge in [-0.2, -0.15) is 0 Å². The minimum absolute atomic E-state index is 0.0465. The van der Waals surface area contributed by atoms with E-state index >= 15 is 0 Å². The number of nitrogens with one attached hydrogen (secondary N) is 1. The number of likely N-dealkylation sites (tertiary alicyclic amines) is 1. The van der Waals surface area contributed by atoms with Gasteiger partial charge in [0.15, 0.2) is 0 Å². The molecule has 0 radical (unpaired) electrons. The number of amides is 1. The van der Waals surface area contributed by atoms with E-state index in [-0.39, 0.29) is 11.4 Å². The number of piperidine rings is 2. The van der Waals surface area contributed by atoms with Crippen molar-refractivity contribution in [3.8, 4) is 0 Å². The van der Waals surface area contributed by atoms with Crippen LogP contribution in [0.25, 0.3) is 0 Å². The summed E-state index contributed by atoms with van der Waals surface area (Å²) in [6.07, 6.45) is 7.04. The Balaban J connectivity index is 1.66. The summed E-state index contributed by atoms with van der Waals surface area (Å²) >= 11 is 1.71. The van der Waals surface area contributed by atoms with E-state index in [2.05, 4.69) is 15.2 Å². The van der Waals surface area contributed by atoms with Crippen LogP contribution in [-0.4, -0.2) is 34.4 Å². The quantitative estimate of drug-likeness (QED) is 0.886. The maximum atomic E-state index is 11.6. The van der Waals surface area contributed by atoms with Crippen molar-refractivity contribution in [1.82, 2.24) is 15.2 Å². The fraction of sp³-hybridized carbons (Fsp3) is 0.692. The number of aromatic nitrogens is 1. The lowest BCUT2D eigenvalue weighted by molar-refractivity contribution is -0.126. The average Bonchev–Trinajstić information content (AvgIpc) is 2.81. The van der Waals surface area contributed by atoms with Gasteiger partial charge in [0.2, 0.25) is 5.91 Å². The van der Waals surface area contributed by atoms with Crippen LogP contribution in [0.15, 0.2) is 11.6 Å². The fourth-order valence-corrected chi connectivity index (χ4v) is 3.86. The maximum Gasteiger partial charge on any atom is 0.220 e. The van der Waals surface area contributed by atoms with Gasteiger partial charge in [0, 0.05) is 24.5 Å². The molecule has 1 atom stereocenters. The summed E-state index contributed by atoms with van der Waals surface area (Å²) in [6, 6.07) is 0. The number of carbonyl (C=O) groups excluding carboxylic acids is 1. The normalized spacial score (nSPS) is 29.4. The van der Waals surface area contributed by atoms with Gasteiger partial charge in [0.1, 0.15) is 5.01 Å². The second-order valence-electron chi connectivity index (χ2n) is 5.42. The molecule has 1 aromatic rings. The predicted octanol–water partition coefficient (Wildman–Crippen LogP) is 1.78. The topological polar surface area (TPSA) is 45.2 Å². The molecule has 3 rings (SSSR count). The molecule has 1 unspecified atom stereocenters. The van der Waals surface area contributed by atoms with E-state index in [9.17, 15) is 4.79 Å². The van der Waals surface area contributed by atoms with Crippen molar-refractivity contribution >= 4 is 17.2 Å². The Kier molecular flexibility index (Phi) is 3.35. The molecule has 98 valence electrons. The van der Waals surface area contributed by atoms with Crippen LogP contribution in [0.2, 0.25) is 0 Å². The van der Waals surface area contributed by atoms with E-state index in [1.165, 1.54) is 11.4 Å². The Labute approximate surface area is 111 Å². The van der Waals surface area contributed by atoms with Crippen LogP contribution >= 0.6 is 11.3 Å². The summed E-state index contributed by atoms with van der Waals surface area (Å²) in [6.45, 7) is 3.03. The number of hydrogen-bond acceptors (Lipinski definition) is 4. The second-order valence-corrected chi connectivity index (χ2v) is 6.40. The first kappa shape index (κ1) is 12.1. The van der Waals surface area contributed by atoms with E-state index < -0.39 is 0 Å². The van der Waals surface area contributed by atoms with Crippen LogP contribution in [0, 0.1) is 0 Å². The van der Waals surface area contributed by atoms with Gasteiger partial charge < -0.3 is 5.32 Å². The summed E-state index contributed by atoms with van der Waals surface area (Å²) in [7, 11) is 0. The highest BCUT2D eigenvalue weighted by atomic mass is 32.1. The van der Waals surface area contributed by atoms with E-state index in [1.807, 2.05) is 11.6 Å². The third-order valence-electron chi connectivity index (χ3n) is 3.96. The highest BCUT2D eigenvalue weighted by Gasteiger charge is 2.38. The lowest BCUT2D eigenvalue weighted by Crippen LogP contribution is -2.60. The molecule has 3 heterocycles. The van der Waals surface area contributed by atoms with Gasteiger partial charge in [-0.05, 0) is 32.2 Å². The minimum Gasteiger partial charge on any atom is -0.349 e. The first-order valence-corrected chi connectivity index (χ1v) is 7.56. The Bertz CT molecular complexity index is 416. The highest BCUT2D eigenvalue weighted by molar-refractivity contribution is 7.09. The zero-order valence-electron chi connectivity index (χ0n) is 10.5. The SMILES string of the molecule is O=C1CCCC2(CCCN(Cc3nccs3)C2)N1. The van der Waals surface area contributed by atoms with Gasteiger partial charge in [-0.25, -0.2) is 4.98 Å². The van der Waals surface area contributed by atoms with Gasteiger partial charge in [-0.3, -0.25) is 9.69 Å². The van der Waals surface area contributed by atoms with Crippen LogP contribution < -0.4 is 5.32 Å². The fourth-order valence-electron chi connectivity index (χ4n) is 3.20. The molecule has 1 amide bonds. The summed E-state index contributed by atoms with van der Waals surface area (Å²) < 4.78 is 0. The van der Waals surface area contributed by atoms with E-state index in [4.69, 9.17) is 0 Å². The van der Waals surface area contributed by atoms with Crippen molar-refractivity contribution in [2.75, 3.05) is 13.1 Å². The van der Waals surface area contributed by atoms with Crippen molar-refractivity contribution in [2.45, 2.75) is 44.2 Å². The van der Waals surface area contributed by atoms with Crippen LogP contribution in [0.4, 0.5) is 0 Å². The maximum absolute atomic E-state index is 11.6. The minimum atomic E-state index is 0.0465. The summed E-state index contributed by atoms with van der Waals surface area (Å²) in [5.74, 6) is 0.234. The number of nitrogens with zero attached hydrogens (tertiary/aromatic N) is 2. The number of rotatable bonds is 2. The van der Waals surface area contributed by atoms with E-state index in [0.29, 0.717) is 6.42 Å². The molecule has 1 spiro atoms. The molecular weight excluding hydrogens is 246 g/mol. The Morgan fingerprint density at radius 3 is 3.11 bits per heavy atom. The molecule has 1 N–H and O–H groups in total. The summed E-state index contributed by atoms with van der Waals surface area (Å²) in [5.41, 5.74) is 0.0465. The Hall–Kier alpha value is -0.940. The molecule has 18 heavy (non-hydrogen) atoms. The zero-order valence-corrected chi connectivity index (χ0v) is 11.3. The molecule has 0 aromatic carbocycles. The molecule has 0 aliphatic carbocycles. The van der Waals surface area contributed by atoms with Crippen LogP contribution in [0.1, 0.15) is 37.1 Å². The Morgan fingerprint density at radius 1 is 1.44 bits per heavy atom. The van der Waals surface area contributed by atoms with E-state index in [0.717, 1.165) is 38.9 Å². The molecule has 2 aliphatic heterocycles. The van der Waals surface area contributed by atoms with Crippen LogP contribution in [0.5, 0.6) is 0 Å². The largest absolute Gasteiger partial charge is 0.349 e. The standard InChI is InChI=1S/C13H19N3OS/c17-11-3-1-4-13(15-11)5-2-7-16(10-13)9-12-14-6-8-18-12/h6,8H,1-5,7,9-10H2,(H,15,17). The lowest BCUT2D eigenvalue weighted by Gasteiger charge is -2.45. The van der Waals surface area contributed by atoms with Gasteiger partial charge in [-0.15, -0.1) is 11.3 Å². The van der Waals surface area contributed by atoms with Crippen molar-refractivity contribution in [1.29, 1.82) is 0 Å². The molecule has 2 aliphatic rings. The molecule has 4 nitrogen and oxygen atoms in total. The van der Waals surface area contributed by atoms with Gasteiger partial charge in [0.05, 0.1) is 12.1 Å². The molecule has 2 fully saturated rings. The molecule has 0 bridgehead atoms. The first-order chi connectivity index (χ1) is 8.76. The Morgan fingerprint density at radius 2 is 2.33 bits per heavy atom. The van der Waals surface area contributed by atoms with Crippen molar-refractivity contribution in [3.63, 3.8) is 0 Å². The third-order valence-corrected chi connectivity index (χ3v) is 4.73. The van der Waals surface area contributed by atoms with Gasteiger partial charge in [-0.1, -0.05) is 0 Å². The van der Waals surface area contributed by atoms with Crippen molar-refractivity contribution in [3.05, 3.63) is 16.6 Å². The second kappa shape index (κ2) is 4.97. The van der Waals surface area contributed by atoms with Crippen molar-refractivity contribution < 1.29 is 4.79 Å². The van der Waals surface area contributed by atoms with E-state index in [1.54, 1.807) is 11.3 Å². The van der Waals surface area contributed by atoms with Crippen molar-refractivity contribution in [2.24, 2.45) is 0 Å². The van der Waals surface area contributed by atoms with Crippen LogP contribution in [-0.2, 0) is 11.3 Å². The first-order valence-electron chi connectivity index (χ1n) is 6.68. The molecule has 0 saturated carbocycles. The zero-order chi connectivity index (χ0) is 12.4. The smallest absolute Gasteiger partial charge is 0.220 e. The third kappa shape index (κ3) is 2.57. The molecule has 1 aromatic heterocycles. The van der Waals surface area contributed by atoms with Crippen LogP contribution in [0.3, 0.4) is 0 Å².